The average molecular weight is 548 g/mol. The Morgan fingerprint density at radius 3 is 2.38 bits per heavy atom. The average Bonchev–Trinajstić information content (AvgIpc) is 2.96. The molecule has 0 saturated carbocycles. The highest BCUT2D eigenvalue weighted by molar-refractivity contribution is 5.94. The Hall–Kier alpha value is -4.79. The predicted molar refractivity (Wildman–Crippen MR) is 149 cm³/mol. The fraction of sp³-hybridized carbons (Fsp3) is 0.194. The van der Waals surface area contributed by atoms with Crippen molar-refractivity contribution in [3.05, 3.63) is 113 Å². The largest absolute Gasteiger partial charge is 0.497 e. The van der Waals surface area contributed by atoms with Crippen LogP contribution in [0, 0.1) is 11.6 Å². The van der Waals surface area contributed by atoms with Crippen molar-refractivity contribution in [3.63, 3.8) is 0 Å². The van der Waals surface area contributed by atoms with Gasteiger partial charge in [-0.05, 0) is 65.9 Å². The number of pyridine rings is 1. The van der Waals surface area contributed by atoms with E-state index >= 15 is 0 Å². The third-order valence-electron chi connectivity index (χ3n) is 6.13. The van der Waals surface area contributed by atoms with Gasteiger partial charge >= 0.3 is 0 Å². The highest BCUT2D eigenvalue weighted by atomic mass is 19.1. The molecule has 208 valence electrons. The summed E-state index contributed by atoms with van der Waals surface area (Å²) in [6.07, 6.45) is 3.18. The van der Waals surface area contributed by atoms with Crippen molar-refractivity contribution in [3.8, 4) is 22.6 Å². The first kappa shape index (κ1) is 29.8. The van der Waals surface area contributed by atoms with Gasteiger partial charge in [0.15, 0.2) is 0 Å². The van der Waals surface area contributed by atoms with Crippen LogP contribution in [0.15, 0.2) is 79.0 Å². The maximum atomic E-state index is 13.5. The van der Waals surface area contributed by atoms with Gasteiger partial charge in [0.2, 0.25) is 12.3 Å². The van der Waals surface area contributed by atoms with E-state index in [0.29, 0.717) is 34.4 Å². The first-order chi connectivity index (χ1) is 19.3. The number of methoxy groups -OCH3 is 2. The van der Waals surface area contributed by atoms with Gasteiger partial charge in [-0.1, -0.05) is 31.2 Å². The molecule has 1 unspecified atom stereocenters. The Kier molecular flexibility index (Phi) is 10.7. The molecule has 1 heterocycles. The SMILES string of the molecule is CCc1ccc(OC)cc1OC.NC(=O)c1cccc(-c2cccnc2C(Cc2cc(F)cc(F)c2)NC=O)c1. The second-order valence-corrected chi connectivity index (χ2v) is 8.73. The van der Waals surface area contributed by atoms with Crippen molar-refractivity contribution in [1.82, 2.24) is 10.3 Å². The molecule has 9 heteroatoms. The molecule has 0 radical (unpaired) electrons. The molecular weight excluding hydrogens is 516 g/mol. The molecule has 0 spiro atoms. The number of ether oxygens (including phenoxy) is 2. The zero-order valence-corrected chi connectivity index (χ0v) is 22.5. The Morgan fingerprint density at radius 2 is 1.75 bits per heavy atom. The van der Waals surface area contributed by atoms with Gasteiger partial charge in [0.05, 0.1) is 26.0 Å². The van der Waals surface area contributed by atoms with Crippen molar-refractivity contribution in [2.45, 2.75) is 25.8 Å². The van der Waals surface area contributed by atoms with Gasteiger partial charge in [-0.25, -0.2) is 8.78 Å². The van der Waals surface area contributed by atoms with E-state index in [-0.39, 0.29) is 6.42 Å². The van der Waals surface area contributed by atoms with Crippen LogP contribution < -0.4 is 20.5 Å². The summed E-state index contributed by atoms with van der Waals surface area (Å²) in [4.78, 5) is 27.0. The summed E-state index contributed by atoms with van der Waals surface area (Å²) in [6, 6.07) is 18.6. The number of hydrogen-bond acceptors (Lipinski definition) is 5. The maximum Gasteiger partial charge on any atom is 0.248 e. The number of nitrogens with zero attached hydrogens (tertiary/aromatic N) is 1. The smallest absolute Gasteiger partial charge is 0.248 e. The van der Waals surface area contributed by atoms with Crippen LogP contribution in [0.2, 0.25) is 0 Å². The van der Waals surface area contributed by atoms with Gasteiger partial charge < -0.3 is 20.5 Å². The van der Waals surface area contributed by atoms with Crippen molar-refractivity contribution in [2.75, 3.05) is 14.2 Å². The molecule has 1 atom stereocenters. The molecule has 0 saturated heterocycles. The summed E-state index contributed by atoms with van der Waals surface area (Å²) < 4.78 is 37.4. The van der Waals surface area contributed by atoms with E-state index in [1.807, 2.05) is 18.2 Å². The topological polar surface area (TPSA) is 104 Å². The van der Waals surface area contributed by atoms with E-state index in [2.05, 4.69) is 17.2 Å². The van der Waals surface area contributed by atoms with Crippen molar-refractivity contribution >= 4 is 12.3 Å². The standard InChI is InChI=1S/C21H17F2N3O2.C10H14O2/c22-16-7-13(8-17(23)11-16)9-19(26-12-27)20-18(5-2-6-25-20)14-3-1-4-15(10-14)21(24)28;1-4-8-5-6-9(11-2)7-10(8)12-3/h1-8,10-12,19H,9H2,(H2,24,28)(H,26,27);5-7H,4H2,1-3H3. The minimum atomic E-state index is -0.699. The van der Waals surface area contributed by atoms with E-state index in [1.54, 1.807) is 56.8 Å². The second-order valence-electron chi connectivity index (χ2n) is 8.73. The number of aryl methyl sites for hydroxylation is 1. The quantitative estimate of drug-likeness (QED) is 0.258. The van der Waals surface area contributed by atoms with Crippen molar-refractivity contribution < 1.29 is 27.8 Å². The maximum absolute atomic E-state index is 13.5. The lowest BCUT2D eigenvalue weighted by Crippen LogP contribution is -2.23. The van der Waals surface area contributed by atoms with E-state index in [4.69, 9.17) is 15.2 Å². The highest BCUT2D eigenvalue weighted by Gasteiger charge is 2.19. The predicted octanol–water partition coefficient (Wildman–Crippen LogP) is 5.42. The number of amides is 2. The van der Waals surface area contributed by atoms with Crippen molar-refractivity contribution in [1.29, 1.82) is 0 Å². The van der Waals surface area contributed by atoms with Crippen LogP contribution in [0.3, 0.4) is 0 Å². The van der Waals surface area contributed by atoms with Crippen LogP contribution in [-0.2, 0) is 17.6 Å². The molecule has 0 aliphatic rings. The number of halogens is 2. The Balaban J connectivity index is 0.000000307. The number of nitrogens with two attached hydrogens (primary N) is 1. The molecular formula is C31H31F2N3O4. The molecule has 0 fully saturated rings. The van der Waals surface area contributed by atoms with E-state index < -0.39 is 23.6 Å². The normalized spacial score (nSPS) is 11.0. The number of hydrogen-bond donors (Lipinski definition) is 2. The molecule has 4 rings (SSSR count). The third-order valence-corrected chi connectivity index (χ3v) is 6.13. The van der Waals surface area contributed by atoms with Crippen LogP contribution in [0.25, 0.3) is 11.1 Å². The van der Waals surface area contributed by atoms with Gasteiger partial charge in [-0.3, -0.25) is 14.6 Å². The summed E-state index contributed by atoms with van der Waals surface area (Å²) in [5.41, 5.74) is 9.12. The lowest BCUT2D eigenvalue weighted by Gasteiger charge is -2.19. The summed E-state index contributed by atoms with van der Waals surface area (Å²) in [6.45, 7) is 2.10. The molecule has 7 nitrogen and oxygen atoms in total. The first-order valence-electron chi connectivity index (χ1n) is 12.5. The molecule has 2 amide bonds. The third kappa shape index (κ3) is 7.86. The number of rotatable bonds is 10. The summed E-state index contributed by atoms with van der Waals surface area (Å²) in [5, 5.41) is 2.65. The number of carbonyl (C=O) groups excluding carboxylic acids is 2. The Bertz CT molecular complexity index is 1440. The number of carbonyl (C=O) groups is 2. The van der Waals surface area contributed by atoms with Gasteiger partial charge in [0, 0.05) is 29.5 Å². The Labute approximate surface area is 232 Å². The molecule has 0 aliphatic heterocycles. The minimum absolute atomic E-state index is 0.132. The summed E-state index contributed by atoms with van der Waals surface area (Å²) in [7, 11) is 3.33. The fourth-order valence-corrected chi connectivity index (χ4v) is 4.20. The Morgan fingerprint density at radius 1 is 1.00 bits per heavy atom. The first-order valence-corrected chi connectivity index (χ1v) is 12.5. The molecule has 1 aromatic heterocycles. The van der Waals surface area contributed by atoms with Gasteiger partial charge in [-0.15, -0.1) is 0 Å². The highest BCUT2D eigenvalue weighted by Crippen LogP contribution is 2.29. The van der Waals surface area contributed by atoms with Crippen LogP contribution in [-0.4, -0.2) is 31.5 Å². The van der Waals surface area contributed by atoms with E-state index in [9.17, 15) is 18.4 Å². The van der Waals surface area contributed by atoms with Crippen LogP contribution >= 0.6 is 0 Å². The molecule has 0 aliphatic carbocycles. The van der Waals surface area contributed by atoms with Gasteiger partial charge in [0.25, 0.3) is 0 Å². The van der Waals surface area contributed by atoms with Crippen molar-refractivity contribution in [2.24, 2.45) is 5.73 Å². The fourth-order valence-electron chi connectivity index (χ4n) is 4.20. The lowest BCUT2D eigenvalue weighted by atomic mass is 9.94. The number of benzene rings is 3. The van der Waals surface area contributed by atoms with Crippen LogP contribution in [0.5, 0.6) is 11.5 Å². The molecule has 3 N–H and O–H groups in total. The number of aromatic nitrogens is 1. The lowest BCUT2D eigenvalue weighted by molar-refractivity contribution is -0.110. The second kappa shape index (κ2) is 14.4. The van der Waals surface area contributed by atoms with E-state index in [1.165, 1.54) is 17.7 Å². The van der Waals surface area contributed by atoms with Crippen LogP contribution in [0.4, 0.5) is 8.78 Å². The van der Waals surface area contributed by atoms with Gasteiger partial charge in [0.1, 0.15) is 23.1 Å². The molecule has 4 aromatic rings. The number of nitrogens with one attached hydrogen (secondary N) is 1. The summed E-state index contributed by atoms with van der Waals surface area (Å²) in [5.74, 6) is -0.225. The monoisotopic (exact) mass is 547 g/mol. The zero-order valence-electron chi connectivity index (χ0n) is 22.5. The van der Waals surface area contributed by atoms with E-state index in [0.717, 1.165) is 24.0 Å². The van der Waals surface area contributed by atoms with Crippen LogP contribution in [0.1, 0.15) is 40.1 Å². The number of primary amides is 1. The molecule has 0 bridgehead atoms. The molecule has 3 aromatic carbocycles. The molecule has 40 heavy (non-hydrogen) atoms. The summed E-state index contributed by atoms with van der Waals surface area (Å²) >= 11 is 0. The minimum Gasteiger partial charge on any atom is -0.497 e. The van der Waals surface area contributed by atoms with Gasteiger partial charge in [-0.2, -0.15) is 0 Å². The zero-order chi connectivity index (χ0) is 29.1.